The fourth-order valence-corrected chi connectivity index (χ4v) is 3.82. The van der Waals surface area contributed by atoms with Gasteiger partial charge < -0.3 is 4.90 Å². The quantitative estimate of drug-likeness (QED) is 0.549. The number of pyridine rings is 1. The molecular weight excluding hydrogens is 391 g/mol. The molecule has 0 fully saturated rings. The molecule has 0 saturated heterocycles. The Morgan fingerprint density at radius 2 is 1.74 bits per heavy atom. The number of carbonyl (C=O) groups is 1. The van der Waals surface area contributed by atoms with Gasteiger partial charge in [-0.2, -0.15) is 0 Å². The molecule has 0 aliphatic carbocycles. The number of halogens is 1. The summed E-state index contributed by atoms with van der Waals surface area (Å²) in [4.78, 5) is 23.7. The second-order valence-electron chi connectivity index (χ2n) is 8.53. The first-order valence-electron chi connectivity index (χ1n) is 10.9. The second-order valence-corrected chi connectivity index (χ2v) is 8.53. The van der Waals surface area contributed by atoms with Crippen molar-refractivity contribution in [2.75, 3.05) is 6.54 Å². The summed E-state index contributed by atoms with van der Waals surface area (Å²) in [5.41, 5.74) is 3.82. The maximum absolute atomic E-state index is 13.2. The van der Waals surface area contributed by atoms with Crippen LogP contribution in [0.15, 0.2) is 48.9 Å². The molecule has 0 N–H and O–H groups in total. The van der Waals surface area contributed by atoms with Gasteiger partial charge in [0.25, 0.3) is 5.91 Å². The molecule has 31 heavy (non-hydrogen) atoms. The lowest BCUT2D eigenvalue weighted by atomic mass is 9.86. The predicted octanol–water partition coefficient (Wildman–Crippen LogP) is 5.49. The number of nitrogens with zero attached hydrogens (tertiary/aromatic N) is 4. The van der Waals surface area contributed by atoms with Crippen LogP contribution in [0, 0.1) is 5.82 Å². The van der Waals surface area contributed by atoms with E-state index in [4.69, 9.17) is 0 Å². The minimum Gasteiger partial charge on any atom is -0.330 e. The number of hydrogen-bond acceptors (Lipinski definition) is 3. The van der Waals surface area contributed by atoms with E-state index in [1.54, 1.807) is 12.4 Å². The van der Waals surface area contributed by atoms with Crippen LogP contribution >= 0.6 is 0 Å². The molecular formula is C25H31FN4O. The molecule has 3 heterocycles. The molecule has 164 valence electrons. The van der Waals surface area contributed by atoms with E-state index in [0.29, 0.717) is 24.3 Å². The molecule has 1 atom stereocenters. The fourth-order valence-electron chi connectivity index (χ4n) is 3.82. The van der Waals surface area contributed by atoms with E-state index in [9.17, 15) is 9.18 Å². The molecule has 1 amide bonds. The van der Waals surface area contributed by atoms with E-state index in [1.807, 2.05) is 54.5 Å². The minimum absolute atomic E-state index is 0.0121. The van der Waals surface area contributed by atoms with Gasteiger partial charge in [0, 0.05) is 18.5 Å². The van der Waals surface area contributed by atoms with Gasteiger partial charge in [-0.15, -0.1) is 0 Å². The van der Waals surface area contributed by atoms with Crippen LogP contribution in [0.25, 0.3) is 5.82 Å². The number of hydrogen-bond donors (Lipinski definition) is 0. The van der Waals surface area contributed by atoms with Gasteiger partial charge in [-0.25, -0.2) is 14.4 Å². The van der Waals surface area contributed by atoms with Gasteiger partial charge in [-0.1, -0.05) is 46.8 Å². The van der Waals surface area contributed by atoms with Crippen molar-refractivity contribution < 1.29 is 9.18 Å². The van der Waals surface area contributed by atoms with Crippen molar-refractivity contribution in [3.8, 4) is 5.82 Å². The topological polar surface area (TPSA) is 51.0 Å². The molecule has 0 saturated carbocycles. The molecule has 4 rings (SSSR count). The molecule has 0 radical (unpaired) electrons. The van der Waals surface area contributed by atoms with E-state index in [0.717, 1.165) is 11.4 Å². The Morgan fingerprint density at radius 3 is 2.32 bits per heavy atom. The maximum atomic E-state index is 13.2. The summed E-state index contributed by atoms with van der Waals surface area (Å²) in [6.45, 7) is 13.1. The standard InChI is InChI=1S/C23H25FN4O.C2H6/c1-15-21-19(28(14-26-21)20-10-9-18(24)13-25-20)11-12-27(15)22(29)16-5-7-17(8-6-16)23(2,3)4;1-2/h5-10,13-15H,11-12H2,1-4H3;1-2H3. The molecule has 1 unspecified atom stereocenters. The highest BCUT2D eigenvalue weighted by molar-refractivity contribution is 5.94. The average Bonchev–Trinajstić information content (AvgIpc) is 3.20. The lowest BCUT2D eigenvalue weighted by Gasteiger charge is -2.33. The molecule has 3 aromatic rings. The summed E-state index contributed by atoms with van der Waals surface area (Å²) >= 11 is 0. The monoisotopic (exact) mass is 422 g/mol. The molecule has 2 aromatic heterocycles. The number of carbonyl (C=O) groups excluding carboxylic acids is 1. The molecule has 1 aromatic carbocycles. The zero-order chi connectivity index (χ0) is 22.8. The Hall–Kier alpha value is -3.02. The number of benzene rings is 1. The van der Waals surface area contributed by atoms with Crippen LogP contribution in [-0.4, -0.2) is 31.9 Å². The highest BCUT2D eigenvalue weighted by Crippen LogP contribution is 2.31. The first-order valence-corrected chi connectivity index (χ1v) is 10.9. The summed E-state index contributed by atoms with van der Waals surface area (Å²) < 4.78 is 15.1. The number of rotatable bonds is 2. The molecule has 0 spiro atoms. The summed E-state index contributed by atoms with van der Waals surface area (Å²) in [6, 6.07) is 10.8. The maximum Gasteiger partial charge on any atom is 0.254 e. The summed E-state index contributed by atoms with van der Waals surface area (Å²) in [6.07, 6.45) is 3.57. The third-order valence-corrected chi connectivity index (χ3v) is 5.57. The zero-order valence-electron chi connectivity index (χ0n) is 19.2. The van der Waals surface area contributed by atoms with Crippen molar-refractivity contribution in [3.05, 3.63) is 77.3 Å². The molecule has 1 aliphatic heterocycles. The Balaban J connectivity index is 0.00000132. The van der Waals surface area contributed by atoms with Gasteiger partial charge in [-0.05, 0) is 42.2 Å². The Morgan fingerprint density at radius 1 is 1.06 bits per heavy atom. The highest BCUT2D eigenvalue weighted by atomic mass is 19.1. The van der Waals surface area contributed by atoms with Crippen LogP contribution in [0.4, 0.5) is 4.39 Å². The summed E-state index contributed by atoms with van der Waals surface area (Å²) in [5.74, 6) is 0.272. The second kappa shape index (κ2) is 9.00. The normalized spacial score (nSPS) is 15.7. The van der Waals surface area contributed by atoms with Gasteiger partial charge in [0.1, 0.15) is 18.0 Å². The largest absolute Gasteiger partial charge is 0.330 e. The lowest BCUT2D eigenvalue weighted by molar-refractivity contribution is 0.0672. The summed E-state index contributed by atoms with van der Waals surface area (Å²) in [7, 11) is 0. The van der Waals surface area contributed by atoms with E-state index in [2.05, 4.69) is 30.7 Å². The van der Waals surface area contributed by atoms with Gasteiger partial charge in [-0.3, -0.25) is 9.36 Å². The van der Waals surface area contributed by atoms with Crippen LogP contribution in [0.1, 0.15) is 74.9 Å². The highest BCUT2D eigenvalue weighted by Gasteiger charge is 2.32. The van der Waals surface area contributed by atoms with E-state index in [1.165, 1.54) is 17.8 Å². The third kappa shape index (κ3) is 4.53. The number of fused-ring (bicyclic) bond motifs is 1. The Labute approximate surface area is 184 Å². The molecule has 6 heteroatoms. The number of imidazole rings is 1. The van der Waals surface area contributed by atoms with Gasteiger partial charge in [0.15, 0.2) is 0 Å². The predicted molar refractivity (Wildman–Crippen MR) is 121 cm³/mol. The van der Waals surface area contributed by atoms with Crippen LogP contribution in [0.3, 0.4) is 0 Å². The number of aromatic nitrogens is 3. The van der Waals surface area contributed by atoms with E-state index < -0.39 is 0 Å². The fraction of sp³-hybridized carbons (Fsp3) is 0.400. The van der Waals surface area contributed by atoms with E-state index in [-0.39, 0.29) is 23.2 Å². The smallest absolute Gasteiger partial charge is 0.254 e. The average molecular weight is 423 g/mol. The van der Waals surface area contributed by atoms with Crippen molar-refractivity contribution in [1.29, 1.82) is 0 Å². The van der Waals surface area contributed by atoms with Crippen molar-refractivity contribution in [1.82, 2.24) is 19.4 Å². The molecule has 5 nitrogen and oxygen atoms in total. The first kappa shape index (κ1) is 22.7. The first-order chi connectivity index (χ1) is 14.8. The van der Waals surface area contributed by atoms with Gasteiger partial charge in [0.2, 0.25) is 0 Å². The van der Waals surface area contributed by atoms with Crippen molar-refractivity contribution in [2.24, 2.45) is 0 Å². The van der Waals surface area contributed by atoms with Gasteiger partial charge in [0.05, 0.1) is 23.6 Å². The lowest BCUT2D eigenvalue weighted by Crippen LogP contribution is -2.39. The van der Waals surface area contributed by atoms with E-state index >= 15 is 0 Å². The third-order valence-electron chi connectivity index (χ3n) is 5.57. The minimum atomic E-state index is -0.370. The number of amides is 1. The van der Waals surface area contributed by atoms with Crippen LogP contribution in [0.2, 0.25) is 0 Å². The zero-order valence-corrected chi connectivity index (χ0v) is 19.2. The van der Waals surface area contributed by atoms with Crippen molar-refractivity contribution in [3.63, 3.8) is 0 Å². The van der Waals surface area contributed by atoms with Crippen molar-refractivity contribution in [2.45, 2.75) is 59.4 Å². The van der Waals surface area contributed by atoms with Crippen molar-refractivity contribution >= 4 is 5.91 Å². The molecule has 0 bridgehead atoms. The Kier molecular flexibility index (Phi) is 6.58. The SMILES string of the molecule is CC.CC1c2ncn(-c3ccc(F)cn3)c2CCN1C(=O)c1ccc(C(C)(C)C)cc1. The van der Waals surface area contributed by atoms with Crippen LogP contribution < -0.4 is 0 Å². The molecule has 1 aliphatic rings. The van der Waals surface area contributed by atoms with Gasteiger partial charge >= 0.3 is 0 Å². The van der Waals surface area contributed by atoms with Crippen LogP contribution in [0.5, 0.6) is 0 Å². The van der Waals surface area contributed by atoms with Crippen LogP contribution in [-0.2, 0) is 11.8 Å². The Bertz CT molecular complexity index is 1030. The summed E-state index contributed by atoms with van der Waals surface area (Å²) in [5, 5.41) is 0.